The van der Waals surface area contributed by atoms with E-state index in [0.717, 1.165) is 56.9 Å². The van der Waals surface area contributed by atoms with Crippen molar-refractivity contribution in [3.63, 3.8) is 0 Å². The van der Waals surface area contributed by atoms with Gasteiger partial charge in [0.25, 0.3) is 0 Å². The number of aryl methyl sites for hydroxylation is 25. The van der Waals surface area contributed by atoms with E-state index in [-0.39, 0.29) is 30.4 Å². The maximum atomic E-state index is 8.30. The SMILES string of the molecule is CCc1c[n+](C)c(-c2ccc(C)cc2C)cc1C.Cc1ccc(-c2cc3c(c[n+]2C)CCCC3)c(C)c1.[2H]C([2H])(C)c1c[n+](C)c(-c2ccc(C)cc2C)cc1C.[2H]C([2H])([2H])c1ccc(-c2cc3c(c[n+]2C)C([2H])([2H])CC3([2H])[2H])c(C)c1.[2H]C([2H])([2H])c1ccc(-c2cc3c(c[n+]2C)C([2H])([2H])CCC3([2H])[2H])c(C)c1. The third-order valence-electron chi connectivity index (χ3n) is 18.2. The van der Waals surface area contributed by atoms with Crippen molar-refractivity contribution in [1.82, 2.24) is 0 Å². The average molecular weight is 1240 g/mol. The number of fused-ring (bicyclic) bond motifs is 3. The molecule has 0 saturated heterocycles. The molecule has 0 fully saturated rings. The lowest BCUT2D eigenvalue weighted by atomic mass is 9.91. The summed E-state index contributed by atoms with van der Waals surface area (Å²) in [7, 11) is 9.86. The van der Waals surface area contributed by atoms with Gasteiger partial charge in [0.05, 0.1) is 0 Å². The van der Waals surface area contributed by atoms with E-state index in [1.54, 1.807) is 102 Å². The molecule has 0 unspecified atom stereocenters. The van der Waals surface area contributed by atoms with Crippen molar-refractivity contribution in [1.29, 1.82) is 0 Å². The van der Waals surface area contributed by atoms with Crippen molar-refractivity contribution in [3.05, 3.63) is 264 Å². The van der Waals surface area contributed by atoms with Gasteiger partial charge in [0.1, 0.15) is 35.2 Å². The molecule has 5 heteroatoms. The van der Waals surface area contributed by atoms with E-state index in [9.17, 15) is 0 Å². The first-order valence-electron chi connectivity index (χ1n) is 40.6. The van der Waals surface area contributed by atoms with Gasteiger partial charge in [-0.25, -0.2) is 22.8 Å². The van der Waals surface area contributed by atoms with Crippen molar-refractivity contribution >= 4 is 0 Å². The summed E-state index contributed by atoms with van der Waals surface area (Å²) in [5.41, 5.74) is 29.8. The van der Waals surface area contributed by atoms with Crippen LogP contribution < -0.4 is 22.8 Å². The molecule has 3 aliphatic carbocycles. The number of aromatic nitrogens is 5. The van der Waals surface area contributed by atoms with Gasteiger partial charge in [-0.15, -0.1) is 0 Å². The molecule has 0 radical (unpaired) electrons. The Morgan fingerprint density at radius 3 is 1.01 bits per heavy atom. The van der Waals surface area contributed by atoms with Gasteiger partial charge in [0.2, 0.25) is 28.5 Å². The van der Waals surface area contributed by atoms with Crippen molar-refractivity contribution in [2.24, 2.45) is 35.2 Å². The summed E-state index contributed by atoms with van der Waals surface area (Å²) >= 11 is 0. The standard InChI is InChI=1S/2C18H22N.C17H20N.2C17H22N/c2*1-13-8-9-17(14(2)10-13)18-11-15-6-4-5-7-16(15)12-19(18)3;1-12-7-8-16(13(2)9-12)17-10-14-5-4-6-15(14)11-18(17)3;2*1-6-15-11-18(5)17(10-13(15)3)16-8-7-12(2)9-14(16)4/h2*8-12H,4-7H2,1-3H3;7-11H,4-6H2,1-3H3;2*7-11H,6H2,1-5H3/q5*+1/i1D3,6D2,7D2;;1D3,5D2,6D2;6D2;. The van der Waals surface area contributed by atoms with Crippen molar-refractivity contribution in [2.75, 3.05) is 0 Å². The maximum Gasteiger partial charge on any atom is 0.212 e. The molecule has 3 aliphatic rings. The largest absolute Gasteiger partial charge is 0.212 e. The Labute approximate surface area is 577 Å². The molecule has 13 rings (SSSR count). The number of hydrogen-bond donors (Lipinski definition) is 0. The molecular weight excluding hydrogens is 1110 g/mol. The Balaban J connectivity index is 0.000000157. The average Bonchev–Trinajstić information content (AvgIpc) is 1.51. The molecule has 0 spiro atoms. The Kier molecular flexibility index (Phi) is 16.4. The molecule has 5 aromatic heterocycles. The first-order chi connectivity index (χ1) is 50.0. The smallest absolute Gasteiger partial charge is 0.201 e. The zero-order chi connectivity index (χ0) is 80.0. The quantitative estimate of drug-likeness (QED) is 0.142. The zero-order valence-electron chi connectivity index (χ0n) is 73.8. The zero-order valence-corrected chi connectivity index (χ0v) is 57.8. The van der Waals surface area contributed by atoms with E-state index in [1.807, 2.05) is 38.6 Å². The fraction of sp³-hybridized carbons (Fsp3) is 0.368. The van der Waals surface area contributed by atoms with Crippen LogP contribution >= 0.6 is 0 Å². The molecule has 10 aromatic rings. The summed E-state index contributed by atoms with van der Waals surface area (Å²) in [6.45, 7) is 20.2. The Morgan fingerprint density at radius 1 is 0.315 bits per heavy atom. The van der Waals surface area contributed by atoms with Crippen molar-refractivity contribution in [3.8, 4) is 56.3 Å². The molecule has 0 bridgehead atoms. The van der Waals surface area contributed by atoms with Crippen LogP contribution in [0.25, 0.3) is 56.3 Å². The summed E-state index contributed by atoms with van der Waals surface area (Å²) in [5, 5.41) is 0. The highest BCUT2D eigenvalue weighted by atomic mass is 14.9. The predicted octanol–water partition coefficient (Wildman–Crippen LogP) is 18.0. The van der Waals surface area contributed by atoms with Gasteiger partial charge in [0, 0.05) is 108 Å². The third kappa shape index (κ3) is 16.4. The van der Waals surface area contributed by atoms with E-state index in [2.05, 4.69) is 164 Å². The van der Waals surface area contributed by atoms with Gasteiger partial charge in [-0.05, 0) is 252 Å². The van der Waals surface area contributed by atoms with E-state index >= 15 is 0 Å². The molecule has 476 valence electrons. The van der Waals surface area contributed by atoms with Crippen LogP contribution in [0.15, 0.2) is 152 Å². The lowest BCUT2D eigenvalue weighted by molar-refractivity contribution is -0.661. The summed E-state index contributed by atoms with van der Waals surface area (Å²) in [5.74, 6) is 0. The molecule has 0 saturated carbocycles. The lowest BCUT2D eigenvalue weighted by Gasteiger charge is -2.15. The minimum Gasteiger partial charge on any atom is -0.201 e. The monoisotopic (exact) mass is 1240 g/mol. The summed E-state index contributed by atoms with van der Waals surface area (Å²) < 4.78 is 137. The molecule has 0 N–H and O–H groups in total. The highest BCUT2D eigenvalue weighted by Crippen LogP contribution is 2.31. The van der Waals surface area contributed by atoms with Gasteiger partial charge < -0.3 is 0 Å². The number of rotatable bonds is 7. The number of hydrogen-bond acceptors (Lipinski definition) is 0. The van der Waals surface area contributed by atoms with Crippen molar-refractivity contribution < 1.29 is 44.8 Å². The molecule has 5 aromatic carbocycles. The van der Waals surface area contributed by atoms with E-state index in [1.165, 1.54) is 98.3 Å². The van der Waals surface area contributed by atoms with Crippen LogP contribution in [0.3, 0.4) is 0 Å². The Hall–Kier alpha value is -8.15. The lowest BCUT2D eigenvalue weighted by Crippen LogP contribution is -2.32. The van der Waals surface area contributed by atoms with E-state index < -0.39 is 45.6 Å². The fourth-order valence-electron chi connectivity index (χ4n) is 13.1. The fourth-order valence-corrected chi connectivity index (χ4v) is 13.1. The second-order valence-corrected chi connectivity index (χ2v) is 25.6. The molecular formula is C87H108N5+5. The van der Waals surface area contributed by atoms with Gasteiger partial charge in [-0.2, -0.15) is 0 Å². The van der Waals surface area contributed by atoms with E-state index in [4.69, 9.17) is 21.9 Å². The van der Waals surface area contributed by atoms with E-state index in [0.29, 0.717) is 22.3 Å². The predicted molar refractivity (Wildman–Crippen MR) is 386 cm³/mol. The van der Waals surface area contributed by atoms with Crippen LogP contribution in [0.4, 0.5) is 0 Å². The minimum atomic E-state index is -2.17. The molecule has 0 atom stereocenters. The minimum absolute atomic E-state index is 0.136. The normalized spacial score (nSPS) is 18.0. The molecule has 0 amide bonds. The first kappa shape index (κ1) is 49.5. The summed E-state index contributed by atoms with van der Waals surface area (Å²) in [4.78, 5) is 0. The van der Waals surface area contributed by atoms with Gasteiger partial charge in [-0.3, -0.25) is 0 Å². The van der Waals surface area contributed by atoms with Crippen molar-refractivity contribution in [2.45, 2.75) is 180 Å². The summed E-state index contributed by atoms with van der Waals surface area (Å²) in [6.07, 6.45) is 8.27. The van der Waals surface area contributed by atoms with Crippen LogP contribution in [0, 0.1) is 82.9 Å². The first-order valence-corrected chi connectivity index (χ1v) is 32.6. The van der Waals surface area contributed by atoms with Crippen LogP contribution in [-0.2, 0) is 86.4 Å². The molecule has 92 heavy (non-hydrogen) atoms. The topological polar surface area (TPSA) is 19.4 Å². The maximum absolute atomic E-state index is 8.30. The number of nitrogens with zero attached hydrogens (tertiary/aromatic N) is 5. The third-order valence-corrected chi connectivity index (χ3v) is 18.2. The van der Waals surface area contributed by atoms with Crippen LogP contribution in [-0.4, -0.2) is 0 Å². The Bertz CT molecular complexity index is 5040. The van der Waals surface area contributed by atoms with Crippen LogP contribution in [0.2, 0.25) is 0 Å². The second kappa shape index (κ2) is 30.5. The highest BCUT2D eigenvalue weighted by molar-refractivity contribution is 5.66. The molecule has 5 nitrogen and oxygen atoms in total. The van der Waals surface area contributed by atoms with Gasteiger partial charge >= 0.3 is 0 Å². The van der Waals surface area contributed by atoms with Gasteiger partial charge in [0.15, 0.2) is 31.0 Å². The Morgan fingerprint density at radius 2 is 0.620 bits per heavy atom. The summed E-state index contributed by atoms with van der Waals surface area (Å²) in [6, 6.07) is 39.9. The van der Waals surface area contributed by atoms with Crippen LogP contribution in [0.5, 0.6) is 0 Å². The number of pyridine rings is 5. The van der Waals surface area contributed by atoms with Gasteiger partial charge in [-0.1, -0.05) is 102 Å². The molecule has 5 heterocycles. The van der Waals surface area contributed by atoms with Crippen LogP contribution in [0.1, 0.15) is 179 Å². The number of benzene rings is 5. The second-order valence-electron chi connectivity index (χ2n) is 25.6. The highest BCUT2D eigenvalue weighted by Gasteiger charge is 2.24. The molecule has 0 aliphatic heterocycles.